The second-order valence-electron chi connectivity index (χ2n) is 7.69. The topological polar surface area (TPSA) is 168 Å². The van der Waals surface area contributed by atoms with Gasteiger partial charge in [-0.3, -0.25) is 15.0 Å². The Bertz CT molecular complexity index is 1550. The van der Waals surface area contributed by atoms with Gasteiger partial charge in [0, 0.05) is 47.4 Å². The van der Waals surface area contributed by atoms with Crippen LogP contribution in [0.5, 0.6) is 0 Å². The number of halogens is 3. The summed E-state index contributed by atoms with van der Waals surface area (Å²) in [6.07, 6.45) is -0.838. The molecular formula is C23H18F3N9O2. The Hall–Kier alpha value is -5.14. The number of amides is 1. The van der Waals surface area contributed by atoms with Crippen molar-refractivity contribution in [2.75, 3.05) is 5.32 Å². The third-order valence-electron chi connectivity index (χ3n) is 4.88. The van der Waals surface area contributed by atoms with E-state index in [2.05, 4.69) is 30.6 Å². The molecule has 0 saturated carbocycles. The Balaban J connectivity index is 1.75. The first-order chi connectivity index (χ1) is 17.5. The molecule has 0 spiro atoms. The first kappa shape index (κ1) is 25.0. The largest absolute Gasteiger partial charge is 0.417 e. The molecule has 3 heterocycles. The van der Waals surface area contributed by atoms with Gasteiger partial charge in [0.05, 0.1) is 5.56 Å². The molecule has 14 heteroatoms. The number of hydrogen-bond acceptors (Lipinski definition) is 8. The number of H-pyrrole nitrogens is 1. The highest BCUT2D eigenvalue weighted by molar-refractivity contribution is 6.06. The van der Waals surface area contributed by atoms with Gasteiger partial charge in [0.2, 0.25) is 0 Å². The third-order valence-corrected chi connectivity index (χ3v) is 4.88. The van der Waals surface area contributed by atoms with Gasteiger partial charge in [-0.2, -0.15) is 28.1 Å². The number of hydrogen-bond donors (Lipinski definition) is 4. The second kappa shape index (κ2) is 9.85. The standard InChI is InChI=1S/C23H18F3N9O2/c1-12(27)9-18(28)35-19(11-17(34-35)16-5-6-20(36)33-32-16)31-22(37)13-3-4-15(23(24,25)26)14(10-13)21-29-7-2-8-30-21/h2-11,28H,27H2,1H3,(H,31,37)(H,33,36)/b12-9-,28-18?. The number of rotatable bonds is 5. The van der Waals surface area contributed by atoms with E-state index in [1.165, 1.54) is 42.7 Å². The van der Waals surface area contributed by atoms with Gasteiger partial charge >= 0.3 is 6.18 Å². The molecule has 0 bridgehead atoms. The van der Waals surface area contributed by atoms with Gasteiger partial charge in [0.1, 0.15) is 23.0 Å². The molecular weight excluding hydrogens is 491 g/mol. The zero-order valence-corrected chi connectivity index (χ0v) is 19.0. The van der Waals surface area contributed by atoms with Crippen molar-refractivity contribution in [1.29, 1.82) is 5.41 Å². The highest BCUT2D eigenvalue weighted by Gasteiger charge is 2.35. The lowest BCUT2D eigenvalue weighted by Crippen LogP contribution is -2.20. The van der Waals surface area contributed by atoms with E-state index in [4.69, 9.17) is 11.1 Å². The van der Waals surface area contributed by atoms with Crippen molar-refractivity contribution >= 4 is 17.6 Å². The van der Waals surface area contributed by atoms with E-state index in [9.17, 15) is 22.8 Å². The first-order valence-corrected chi connectivity index (χ1v) is 10.5. The molecule has 0 aliphatic carbocycles. The van der Waals surface area contributed by atoms with Crippen molar-refractivity contribution in [2.24, 2.45) is 5.73 Å². The van der Waals surface area contributed by atoms with Crippen LogP contribution in [-0.4, -0.2) is 41.7 Å². The highest BCUT2D eigenvalue weighted by atomic mass is 19.4. The molecule has 11 nitrogen and oxygen atoms in total. The summed E-state index contributed by atoms with van der Waals surface area (Å²) in [7, 11) is 0. The highest BCUT2D eigenvalue weighted by Crippen LogP contribution is 2.36. The van der Waals surface area contributed by atoms with Gasteiger partial charge in [-0.05, 0) is 37.3 Å². The van der Waals surface area contributed by atoms with Crippen LogP contribution in [0.3, 0.4) is 0 Å². The summed E-state index contributed by atoms with van der Waals surface area (Å²) in [6, 6.07) is 8.29. The molecule has 3 aromatic heterocycles. The molecule has 0 saturated heterocycles. The predicted molar refractivity (Wildman–Crippen MR) is 128 cm³/mol. The van der Waals surface area contributed by atoms with E-state index in [1.807, 2.05) is 0 Å². The molecule has 0 atom stereocenters. The molecule has 0 radical (unpaired) electrons. The number of anilines is 1. The van der Waals surface area contributed by atoms with E-state index < -0.39 is 23.2 Å². The first-order valence-electron chi connectivity index (χ1n) is 10.5. The molecule has 1 aromatic carbocycles. The molecule has 4 aromatic rings. The van der Waals surface area contributed by atoms with E-state index in [0.717, 1.165) is 22.9 Å². The predicted octanol–water partition coefficient (Wildman–Crippen LogP) is 3.05. The fourth-order valence-corrected chi connectivity index (χ4v) is 3.29. The Labute approximate surface area is 206 Å². The number of carbonyl (C=O) groups excluding carboxylic acids is 1. The maximum Gasteiger partial charge on any atom is 0.417 e. The van der Waals surface area contributed by atoms with Gasteiger partial charge in [-0.15, -0.1) is 0 Å². The summed E-state index contributed by atoms with van der Waals surface area (Å²) in [4.78, 5) is 32.2. The van der Waals surface area contributed by atoms with E-state index in [1.54, 1.807) is 6.92 Å². The van der Waals surface area contributed by atoms with Gasteiger partial charge in [0.15, 0.2) is 5.82 Å². The van der Waals surface area contributed by atoms with Gasteiger partial charge < -0.3 is 11.1 Å². The van der Waals surface area contributed by atoms with E-state index in [0.29, 0.717) is 0 Å². The average Bonchev–Trinajstić information content (AvgIpc) is 3.27. The van der Waals surface area contributed by atoms with Crippen LogP contribution in [0.15, 0.2) is 71.4 Å². The number of carbonyl (C=O) groups is 1. The SMILES string of the molecule is C/C(N)=C/C(=N)n1nc(-c2ccc(=O)[nH]n2)cc1NC(=O)c1ccc(C(F)(F)F)c(-c2ncccn2)c1. The van der Waals surface area contributed by atoms with Crippen molar-refractivity contribution in [3.05, 3.63) is 88.1 Å². The molecule has 188 valence electrons. The Kier molecular flexibility index (Phi) is 6.65. The minimum atomic E-state index is -4.71. The van der Waals surface area contributed by atoms with Crippen LogP contribution in [0, 0.1) is 5.41 Å². The second-order valence-corrected chi connectivity index (χ2v) is 7.69. The lowest BCUT2D eigenvalue weighted by Gasteiger charge is -2.14. The number of benzene rings is 1. The summed E-state index contributed by atoms with van der Waals surface area (Å²) in [5.74, 6) is -1.19. The van der Waals surface area contributed by atoms with E-state index >= 15 is 0 Å². The van der Waals surface area contributed by atoms with Crippen molar-refractivity contribution in [1.82, 2.24) is 29.9 Å². The van der Waals surface area contributed by atoms with Gasteiger partial charge in [0.25, 0.3) is 11.5 Å². The van der Waals surface area contributed by atoms with Crippen LogP contribution in [0.1, 0.15) is 22.8 Å². The van der Waals surface area contributed by atoms with Crippen LogP contribution in [0.4, 0.5) is 19.0 Å². The minimum Gasteiger partial charge on any atom is -0.402 e. The number of nitrogens with zero attached hydrogens (tertiary/aromatic N) is 5. The number of allylic oxidation sites excluding steroid dienone is 2. The smallest absolute Gasteiger partial charge is 0.402 e. The van der Waals surface area contributed by atoms with Crippen LogP contribution < -0.4 is 16.6 Å². The van der Waals surface area contributed by atoms with Crippen molar-refractivity contribution < 1.29 is 18.0 Å². The van der Waals surface area contributed by atoms with Crippen LogP contribution in [0.25, 0.3) is 22.8 Å². The number of alkyl halides is 3. The summed E-state index contributed by atoms with van der Waals surface area (Å²) in [5.41, 5.74) is 4.46. The molecule has 5 N–H and O–H groups in total. The summed E-state index contributed by atoms with van der Waals surface area (Å²) < 4.78 is 41.9. The molecule has 0 aliphatic rings. The lowest BCUT2D eigenvalue weighted by atomic mass is 10.0. The zero-order chi connectivity index (χ0) is 26.7. The van der Waals surface area contributed by atoms with Crippen molar-refractivity contribution in [3.63, 3.8) is 0 Å². The summed E-state index contributed by atoms with van der Waals surface area (Å²) >= 11 is 0. The maximum atomic E-state index is 13.6. The normalized spacial score (nSPS) is 11.8. The Morgan fingerprint density at radius 3 is 2.49 bits per heavy atom. The lowest BCUT2D eigenvalue weighted by molar-refractivity contribution is -0.137. The van der Waals surface area contributed by atoms with Gasteiger partial charge in [-0.25, -0.2) is 15.1 Å². The molecule has 1 amide bonds. The fraction of sp³-hybridized carbons (Fsp3) is 0.0870. The molecule has 0 unspecified atom stereocenters. The minimum absolute atomic E-state index is 0.00732. The summed E-state index contributed by atoms with van der Waals surface area (Å²) in [6.45, 7) is 1.55. The molecule has 37 heavy (non-hydrogen) atoms. The average molecular weight is 509 g/mol. The van der Waals surface area contributed by atoms with Crippen LogP contribution >= 0.6 is 0 Å². The third kappa shape index (κ3) is 5.58. The maximum absolute atomic E-state index is 13.6. The molecule has 0 fully saturated rings. The van der Waals surface area contributed by atoms with Gasteiger partial charge in [-0.1, -0.05) is 0 Å². The van der Waals surface area contributed by atoms with Crippen molar-refractivity contribution in [3.8, 4) is 22.8 Å². The number of aromatic nitrogens is 6. The summed E-state index contributed by atoms with van der Waals surface area (Å²) in [5, 5.41) is 21.2. The van der Waals surface area contributed by atoms with Crippen LogP contribution in [0.2, 0.25) is 0 Å². The fourth-order valence-electron chi connectivity index (χ4n) is 3.29. The zero-order valence-electron chi connectivity index (χ0n) is 19.0. The van der Waals surface area contributed by atoms with E-state index in [-0.39, 0.29) is 45.7 Å². The van der Waals surface area contributed by atoms with Crippen molar-refractivity contribution in [2.45, 2.75) is 13.1 Å². The number of aromatic amines is 1. The quantitative estimate of drug-likeness (QED) is 0.237. The number of nitrogens with two attached hydrogens (primary N) is 1. The molecule has 0 aliphatic heterocycles. The molecule has 4 rings (SSSR count). The Morgan fingerprint density at radius 1 is 1.14 bits per heavy atom. The van der Waals surface area contributed by atoms with Crippen LogP contribution in [-0.2, 0) is 6.18 Å². The number of nitrogens with one attached hydrogen (secondary N) is 3. The Morgan fingerprint density at radius 2 is 1.86 bits per heavy atom. The monoisotopic (exact) mass is 509 g/mol.